The average Bonchev–Trinajstić information content (AvgIpc) is 2.69. The second-order valence-corrected chi connectivity index (χ2v) is 5.44. The van der Waals surface area contributed by atoms with Crippen LogP contribution in [0.1, 0.15) is 25.2 Å². The van der Waals surface area contributed by atoms with E-state index in [1.165, 1.54) is 10.2 Å². The minimum atomic E-state index is 0.194. The fraction of sp³-hybridized carbons (Fsp3) is 0.385. The highest BCUT2D eigenvalue weighted by Crippen LogP contribution is 2.22. The molecule has 0 unspecified atom stereocenters. The van der Waals surface area contributed by atoms with E-state index in [-0.39, 0.29) is 6.10 Å². The van der Waals surface area contributed by atoms with Crippen molar-refractivity contribution >= 4 is 11.8 Å². The van der Waals surface area contributed by atoms with Crippen LogP contribution in [0.25, 0.3) is 0 Å². The van der Waals surface area contributed by atoms with Gasteiger partial charge < -0.3 is 10.6 Å². The van der Waals surface area contributed by atoms with Gasteiger partial charge in [-0.15, -0.1) is 10.2 Å². The molecule has 2 N–H and O–H groups in total. The summed E-state index contributed by atoms with van der Waals surface area (Å²) in [6.07, 6.45) is 0.194. The highest BCUT2D eigenvalue weighted by Gasteiger charge is 2.06. The summed E-state index contributed by atoms with van der Waals surface area (Å²) in [7, 11) is 0. The van der Waals surface area contributed by atoms with E-state index in [1.807, 2.05) is 32.9 Å². The summed E-state index contributed by atoms with van der Waals surface area (Å²) < 4.78 is 7.10. The number of ether oxygens (including phenoxy) is 1. The summed E-state index contributed by atoms with van der Waals surface area (Å²) in [6.45, 7) is 5.86. The van der Waals surface area contributed by atoms with Gasteiger partial charge in [-0.25, -0.2) is 4.68 Å². The summed E-state index contributed by atoms with van der Waals surface area (Å²) in [5.74, 6) is 8.20. The first-order valence-corrected chi connectivity index (χ1v) is 7.10. The maximum absolute atomic E-state index is 5.80. The predicted octanol–water partition coefficient (Wildman–Crippen LogP) is 2.38. The molecule has 0 aliphatic rings. The van der Waals surface area contributed by atoms with Crippen molar-refractivity contribution in [1.29, 1.82) is 0 Å². The molecule has 1 heterocycles. The predicted molar refractivity (Wildman–Crippen MR) is 76.7 cm³/mol. The first kappa shape index (κ1) is 13.7. The Morgan fingerprint density at radius 1 is 1.26 bits per heavy atom. The van der Waals surface area contributed by atoms with Crippen LogP contribution in [0, 0.1) is 6.92 Å². The number of nitrogen functional groups attached to an aromatic ring is 1. The number of hydrogen-bond acceptors (Lipinski definition) is 5. The van der Waals surface area contributed by atoms with Gasteiger partial charge in [0.25, 0.3) is 0 Å². The molecule has 2 rings (SSSR count). The molecule has 0 saturated heterocycles. The normalized spacial score (nSPS) is 10.9. The lowest BCUT2D eigenvalue weighted by Crippen LogP contribution is -2.11. The topological polar surface area (TPSA) is 66.0 Å². The summed E-state index contributed by atoms with van der Waals surface area (Å²) in [6, 6.07) is 8.06. The van der Waals surface area contributed by atoms with Crippen LogP contribution in [0.15, 0.2) is 29.4 Å². The molecule has 19 heavy (non-hydrogen) atoms. The van der Waals surface area contributed by atoms with Crippen LogP contribution in [-0.2, 0) is 5.75 Å². The number of nitrogens with zero attached hydrogens (tertiary/aromatic N) is 3. The summed E-state index contributed by atoms with van der Waals surface area (Å²) in [4.78, 5) is 0. The number of nitrogens with two attached hydrogens (primary N) is 1. The molecule has 0 fully saturated rings. The van der Waals surface area contributed by atoms with Crippen molar-refractivity contribution < 1.29 is 4.74 Å². The Morgan fingerprint density at radius 2 is 1.95 bits per heavy atom. The lowest BCUT2D eigenvalue weighted by atomic mass is 10.2. The van der Waals surface area contributed by atoms with Gasteiger partial charge in [-0.1, -0.05) is 23.9 Å². The molecule has 0 atom stereocenters. The molecule has 0 aliphatic carbocycles. The molecule has 1 aromatic carbocycles. The maximum atomic E-state index is 5.80. The molecule has 102 valence electrons. The van der Waals surface area contributed by atoms with Gasteiger partial charge in [-0.05, 0) is 38.5 Å². The molecule has 0 spiro atoms. The molecule has 0 radical (unpaired) electrons. The highest BCUT2D eigenvalue weighted by atomic mass is 32.2. The zero-order valence-electron chi connectivity index (χ0n) is 11.3. The van der Waals surface area contributed by atoms with E-state index >= 15 is 0 Å². The van der Waals surface area contributed by atoms with E-state index in [0.717, 1.165) is 16.7 Å². The molecule has 2 aromatic rings. The van der Waals surface area contributed by atoms with Crippen molar-refractivity contribution in [3.8, 4) is 5.75 Å². The Kier molecular flexibility index (Phi) is 4.31. The highest BCUT2D eigenvalue weighted by molar-refractivity contribution is 7.98. The van der Waals surface area contributed by atoms with E-state index < -0.39 is 0 Å². The van der Waals surface area contributed by atoms with Crippen LogP contribution < -0.4 is 10.6 Å². The smallest absolute Gasteiger partial charge is 0.210 e. The monoisotopic (exact) mass is 278 g/mol. The number of benzene rings is 1. The van der Waals surface area contributed by atoms with Gasteiger partial charge in [0.2, 0.25) is 5.16 Å². The molecule has 5 nitrogen and oxygen atoms in total. The minimum absolute atomic E-state index is 0.194. The minimum Gasteiger partial charge on any atom is -0.491 e. The van der Waals surface area contributed by atoms with Crippen molar-refractivity contribution in [2.24, 2.45) is 0 Å². The second-order valence-electron chi connectivity index (χ2n) is 4.50. The van der Waals surface area contributed by atoms with Gasteiger partial charge in [-0.2, -0.15) is 0 Å². The van der Waals surface area contributed by atoms with Gasteiger partial charge in [0.1, 0.15) is 11.6 Å². The van der Waals surface area contributed by atoms with Crippen LogP contribution in [0.5, 0.6) is 5.75 Å². The quantitative estimate of drug-likeness (QED) is 0.672. The third kappa shape index (κ3) is 3.64. The Bertz CT molecular complexity index is 536. The molecule has 0 saturated carbocycles. The van der Waals surface area contributed by atoms with Gasteiger partial charge in [0.05, 0.1) is 6.10 Å². The van der Waals surface area contributed by atoms with Gasteiger partial charge in [0.15, 0.2) is 0 Å². The standard InChI is InChI=1S/C13H18N4OS/c1-9(2)18-12-6-4-11(5-7-12)8-19-13-16-15-10(3)17(13)14/h4-7,9H,8,14H2,1-3H3. The molecule has 1 aromatic heterocycles. The zero-order chi connectivity index (χ0) is 13.8. The molecular formula is C13H18N4OS. The van der Waals surface area contributed by atoms with E-state index in [1.54, 1.807) is 11.8 Å². The maximum Gasteiger partial charge on any atom is 0.210 e. The third-order valence-corrected chi connectivity index (χ3v) is 3.51. The molecule has 6 heteroatoms. The second kappa shape index (κ2) is 5.97. The first-order chi connectivity index (χ1) is 9.06. The van der Waals surface area contributed by atoms with Crippen LogP contribution >= 0.6 is 11.8 Å². The van der Waals surface area contributed by atoms with E-state index in [9.17, 15) is 0 Å². The zero-order valence-corrected chi connectivity index (χ0v) is 12.1. The number of thioether (sulfide) groups is 1. The lowest BCUT2D eigenvalue weighted by Gasteiger charge is -2.09. The Hall–Kier alpha value is -1.69. The van der Waals surface area contributed by atoms with Crippen molar-refractivity contribution in [2.75, 3.05) is 5.84 Å². The SMILES string of the molecule is Cc1nnc(SCc2ccc(OC(C)C)cc2)n1N. The number of hydrogen-bond donors (Lipinski definition) is 1. The van der Waals surface area contributed by atoms with Crippen molar-refractivity contribution in [3.63, 3.8) is 0 Å². The Morgan fingerprint density at radius 3 is 2.47 bits per heavy atom. The van der Waals surface area contributed by atoms with E-state index in [4.69, 9.17) is 10.6 Å². The van der Waals surface area contributed by atoms with E-state index in [2.05, 4.69) is 22.3 Å². The summed E-state index contributed by atoms with van der Waals surface area (Å²) >= 11 is 1.56. The fourth-order valence-electron chi connectivity index (χ4n) is 1.53. The van der Waals surface area contributed by atoms with Gasteiger partial charge in [-0.3, -0.25) is 0 Å². The Balaban J connectivity index is 1.95. The van der Waals surface area contributed by atoms with E-state index in [0.29, 0.717) is 5.82 Å². The van der Waals surface area contributed by atoms with Crippen molar-refractivity contribution in [3.05, 3.63) is 35.7 Å². The largest absolute Gasteiger partial charge is 0.491 e. The number of rotatable bonds is 5. The van der Waals surface area contributed by atoms with Gasteiger partial charge in [0, 0.05) is 5.75 Å². The van der Waals surface area contributed by atoms with Crippen molar-refractivity contribution in [2.45, 2.75) is 37.8 Å². The lowest BCUT2D eigenvalue weighted by molar-refractivity contribution is 0.242. The fourth-order valence-corrected chi connectivity index (χ4v) is 2.39. The summed E-state index contributed by atoms with van der Waals surface area (Å²) in [5, 5.41) is 8.66. The molecular weight excluding hydrogens is 260 g/mol. The van der Waals surface area contributed by atoms with Crippen LogP contribution in [-0.4, -0.2) is 21.0 Å². The third-order valence-electron chi connectivity index (χ3n) is 2.50. The molecule has 0 bridgehead atoms. The molecule has 0 amide bonds. The van der Waals surface area contributed by atoms with Crippen LogP contribution in [0.4, 0.5) is 0 Å². The number of aromatic nitrogens is 3. The van der Waals surface area contributed by atoms with Crippen LogP contribution in [0.2, 0.25) is 0 Å². The van der Waals surface area contributed by atoms with Crippen molar-refractivity contribution in [1.82, 2.24) is 14.9 Å². The summed E-state index contributed by atoms with van der Waals surface area (Å²) in [5.41, 5.74) is 1.20. The average molecular weight is 278 g/mol. The number of aryl methyl sites for hydroxylation is 1. The Labute approximate surface area is 117 Å². The van der Waals surface area contributed by atoms with Gasteiger partial charge >= 0.3 is 0 Å². The van der Waals surface area contributed by atoms with Crippen LogP contribution in [0.3, 0.4) is 0 Å². The molecule has 0 aliphatic heterocycles. The first-order valence-electron chi connectivity index (χ1n) is 6.11.